The number of anilines is 1. The van der Waals surface area contributed by atoms with Crippen molar-refractivity contribution in [3.05, 3.63) is 47.5 Å². The first-order valence-corrected chi connectivity index (χ1v) is 7.40. The van der Waals surface area contributed by atoms with Crippen LogP contribution in [-0.4, -0.2) is 26.6 Å². The molecule has 1 aliphatic heterocycles. The van der Waals surface area contributed by atoms with Gasteiger partial charge in [0.25, 0.3) is 0 Å². The summed E-state index contributed by atoms with van der Waals surface area (Å²) in [5.41, 5.74) is 1.21. The van der Waals surface area contributed by atoms with Gasteiger partial charge in [0.2, 0.25) is 6.23 Å². The maximum atomic E-state index is 12.2. The molecule has 1 aliphatic rings. The smallest absolute Gasteiger partial charge is 0.493 e. The number of carbonyl (C=O) groups is 1. The summed E-state index contributed by atoms with van der Waals surface area (Å²) in [6.07, 6.45) is -5.57. The number of rotatable bonds is 5. The van der Waals surface area contributed by atoms with Crippen molar-refractivity contribution in [2.75, 3.05) is 19.5 Å². The summed E-state index contributed by atoms with van der Waals surface area (Å²) in [4.78, 5) is 12.2. The Bertz CT molecular complexity index is 820. The first-order chi connectivity index (χ1) is 12.3. The van der Waals surface area contributed by atoms with Crippen LogP contribution in [0.3, 0.4) is 0 Å². The van der Waals surface area contributed by atoms with Crippen molar-refractivity contribution in [1.82, 2.24) is 0 Å². The van der Waals surface area contributed by atoms with Crippen LogP contribution in [0.2, 0.25) is 0 Å². The number of ether oxygens (including phenoxy) is 4. The number of methoxy groups -OCH3 is 2. The summed E-state index contributed by atoms with van der Waals surface area (Å²) >= 11 is 0. The fraction of sp³-hybridized carbons (Fsp3) is 0.235. The van der Waals surface area contributed by atoms with E-state index in [0.717, 1.165) is 12.1 Å². The number of carbonyl (C=O) groups excluding carboxylic acids is 1. The first-order valence-electron chi connectivity index (χ1n) is 7.40. The summed E-state index contributed by atoms with van der Waals surface area (Å²) < 4.78 is 56.1. The molecule has 2 aromatic carbocycles. The number of hydrogen-bond acceptors (Lipinski definition) is 6. The van der Waals surface area contributed by atoms with Crippen molar-refractivity contribution in [2.24, 2.45) is 0 Å². The van der Waals surface area contributed by atoms with Crippen molar-refractivity contribution < 1.29 is 36.9 Å². The second-order valence-corrected chi connectivity index (χ2v) is 5.27. The highest BCUT2D eigenvalue weighted by atomic mass is 19.4. The molecule has 6 nitrogen and oxygen atoms in total. The van der Waals surface area contributed by atoms with Gasteiger partial charge in [-0.1, -0.05) is 0 Å². The Morgan fingerprint density at radius 1 is 1.04 bits per heavy atom. The third-order valence-electron chi connectivity index (χ3n) is 3.67. The Morgan fingerprint density at radius 3 is 2.31 bits per heavy atom. The molecule has 1 N–H and O–H groups in total. The summed E-state index contributed by atoms with van der Waals surface area (Å²) in [5.74, 6) is -0.297. The van der Waals surface area contributed by atoms with E-state index in [1.54, 1.807) is 12.1 Å². The lowest BCUT2D eigenvalue weighted by molar-refractivity contribution is -0.274. The van der Waals surface area contributed by atoms with E-state index in [9.17, 15) is 18.0 Å². The number of benzene rings is 2. The number of halogens is 3. The van der Waals surface area contributed by atoms with Crippen LogP contribution in [0.25, 0.3) is 0 Å². The fourth-order valence-corrected chi connectivity index (χ4v) is 2.61. The number of nitrogens with one attached hydrogen (secondary N) is 1. The Kier molecular flexibility index (Phi) is 4.54. The highest BCUT2D eigenvalue weighted by Crippen LogP contribution is 2.42. The second-order valence-electron chi connectivity index (χ2n) is 5.27. The minimum atomic E-state index is -4.76. The topological polar surface area (TPSA) is 66.0 Å². The first kappa shape index (κ1) is 17.7. The second kappa shape index (κ2) is 6.66. The van der Waals surface area contributed by atoms with Crippen LogP contribution in [-0.2, 0) is 4.74 Å². The minimum absolute atomic E-state index is 0.237. The molecule has 138 valence electrons. The molecule has 9 heteroatoms. The van der Waals surface area contributed by atoms with E-state index >= 15 is 0 Å². The summed E-state index contributed by atoms with van der Waals surface area (Å²) in [6, 6.07) is 8.36. The molecule has 1 atom stereocenters. The molecule has 0 bridgehead atoms. The van der Waals surface area contributed by atoms with Gasteiger partial charge in [0, 0.05) is 11.3 Å². The van der Waals surface area contributed by atoms with Gasteiger partial charge in [0.1, 0.15) is 11.3 Å². The average molecular weight is 369 g/mol. The highest BCUT2D eigenvalue weighted by molar-refractivity contribution is 5.98. The number of fused-ring (bicyclic) bond motifs is 1. The molecule has 3 rings (SSSR count). The lowest BCUT2D eigenvalue weighted by Gasteiger charge is -2.15. The molecule has 0 radical (unpaired) electrons. The van der Waals surface area contributed by atoms with Crippen LogP contribution in [0.4, 0.5) is 18.9 Å². The van der Waals surface area contributed by atoms with Crippen LogP contribution >= 0.6 is 0 Å². The molecule has 0 aliphatic carbocycles. The van der Waals surface area contributed by atoms with Gasteiger partial charge in [-0.2, -0.15) is 0 Å². The standard InChI is InChI=1S/C17H14F3NO5/c1-23-12-8-7-11-13(14(12)24-2)16(22)25-15(11)21-9-3-5-10(6-4-9)26-17(18,19)20/h3-8,15,21H,1-2H3/t15-/m0/s1. The van der Waals surface area contributed by atoms with Crippen LogP contribution in [0.15, 0.2) is 36.4 Å². The molecule has 0 amide bonds. The van der Waals surface area contributed by atoms with Gasteiger partial charge in [-0.3, -0.25) is 0 Å². The maximum Gasteiger partial charge on any atom is 0.573 e. The number of cyclic esters (lactones) is 1. The molecular weight excluding hydrogens is 355 g/mol. The van der Waals surface area contributed by atoms with Gasteiger partial charge in [-0.25, -0.2) is 4.79 Å². The molecule has 0 aromatic heterocycles. The lowest BCUT2D eigenvalue weighted by atomic mass is 10.1. The summed E-state index contributed by atoms with van der Waals surface area (Å²) in [7, 11) is 2.86. The largest absolute Gasteiger partial charge is 0.573 e. The molecular formula is C17H14F3NO5. The van der Waals surface area contributed by atoms with Crippen LogP contribution in [0, 0.1) is 0 Å². The van der Waals surface area contributed by atoms with E-state index in [0.29, 0.717) is 17.0 Å². The SMILES string of the molecule is COc1ccc2c(c1OC)C(=O)O[C@@H]2Nc1ccc(OC(F)(F)F)cc1. The van der Waals surface area contributed by atoms with E-state index in [1.807, 2.05) is 0 Å². The van der Waals surface area contributed by atoms with Crippen molar-refractivity contribution in [1.29, 1.82) is 0 Å². The molecule has 2 aromatic rings. The van der Waals surface area contributed by atoms with E-state index in [1.165, 1.54) is 26.4 Å². The molecule has 0 saturated carbocycles. The van der Waals surface area contributed by atoms with Gasteiger partial charge in [0.05, 0.1) is 14.2 Å². The highest BCUT2D eigenvalue weighted by Gasteiger charge is 2.36. The van der Waals surface area contributed by atoms with Crippen LogP contribution in [0.5, 0.6) is 17.2 Å². The van der Waals surface area contributed by atoms with Gasteiger partial charge >= 0.3 is 12.3 Å². The Morgan fingerprint density at radius 2 is 1.73 bits per heavy atom. The van der Waals surface area contributed by atoms with Gasteiger partial charge in [-0.05, 0) is 36.4 Å². The van der Waals surface area contributed by atoms with E-state index in [2.05, 4.69) is 10.1 Å². The van der Waals surface area contributed by atoms with Crippen molar-refractivity contribution in [2.45, 2.75) is 12.6 Å². The lowest BCUT2D eigenvalue weighted by Crippen LogP contribution is -2.17. The van der Waals surface area contributed by atoms with E-state index in [4.69, 9.17) is 14.2 Å². The van der Waals surface area contributed by atoms with Crippen LogP contribution < -0.4 is 19.5 Å². The quantitative estimate of drug-likeness (QED) is 0.807. The molecule has 1 heterocycles. The fourth-order valence-electron chi connectivity index (χ4n) is 2.61. The normalized spacial score (nSPS) is 15.9. The molecule has 0 fully saturated rings. The summed E-state index contributed by atoms with van der Waals surface area (Å²) in [6.45, 7) is 0. The maximum absolute atomic E-state index is 12.2. The average Bonchev–Trinajstić information content (AvgIpc) is 2.90. The van der Waals surface area contributed by atoms with E-state index in [-0.39, 0.29) is 17.1 Å². The Hall–Kier alpha value is -3.10. The van der Waals surface area contributed by atoms with Crippen molar-refractivity contribution in [3.8, 4) is 17.2 Å². The minimum Gasteiger partial charge on any atom is -0.493 e. The van der Waals surface area contributed by atoms with E-state index < -0.39 is 18.6 Å². The molecule has 0 unspecified atom stereocenters. The zero-order chi connectivity index (χ0) is 18.9. The monoisotopic (exact) mass is 369 g/mol. The number of alkyl halides is 3. The predicted molar refractivity (Wildman–Crippen MR) is 84.5 cm³/mol. The Balaban J connectivity index is 1.82. The number of hydrogen-bond donors (Lipinski definition) is 1. The van der Waals surface area contributed by atoms with Crippen LogP contribution in [0.1, 0.15) is 22.1 Å². The van der Waals surface area contributed by atoms with Crippen molar-refractivity contribution >= 4 is 11.7 Å². The Labute approximate surface area is 146 Å². The van der Waals surface area contributed by atoms with Gasteiger partial charge < -0.3 is 24.3 Å². The summed E-state index contributed by atoms with van der Waals surface area (Å²) in [5, 5.41) is 2.93. The van der Waals surface area contributed by atoms with Crippen molar-refractivity contribution in [3.63, 3.8) is 0 Å². The third-order valence-corrected chi connectivity index (χ3v) is 3.67. The zero-order valence-corrected chi connectivity index (χ0v) is 13.7. The number of esters is 1. The molecule has 0 spiro atoms. The molecule has 0 saturated heterocycles. The molecule has 26 heavy (non-hydrogen) atoms. The van der Waals surface area contributed by atoms with Gasteiger partial charge in [0.15, 0.2) is 11.5 Å². The predicted octanol–water partition coefficient (Wildman–Crippen LogP) is 3.88. The van der Waals surface area contributed by atoms with Gasteiger partial charge in [-0.15, -0.1) is 13.2 Å². The zero-order valence-electron chi connectivity index (χ0n) is 13.7. The third kappa shape index (κ3) is 3.46.